The van der Waals surface area contributed by atoms with Gasteiger partial charge in [0.2, 0.25) is 0 Å². The summed E-state index contributed by atoms with van der Waals surface area (Å²) in [5.74, 6) is 0.980. The molecular weight excluding hydrogens is 410 g/mol. The van der Waals surface area contributed by atoms with E-state index >= 15 is 0 Å². The second kappa shape index (κ2) is 6.77. The molecule has 0 N–H and O–H groups in total. The standard InChI is InChI=1S/C28H25N3O2/c1-16-6-2-3-7-17(16)14-30-15-18(19-8-4-5-9-24(19)30)13-29-31-27(32)25-20-10-11-21(23-12-22(20)23)26(25)28(31)33/h2-11,13,15,20-23,25-26H,12,14H2,1H3/b29-13-/t20-,21-,22-,23+,25+,26+/m0/s1. The van der Waals surface area contributed by atoms with Gasteiger partial charge in [0.25, 0.3) is 11.8 Å². The Balaban J connectivity index is 1.22. The lowest BCUT2D eigenvalue weighted by atomic mass is 9.63. The number of hydrogen-bond acceptors (Lipinski definition) is 3. The normalized spacial score (nSPS) is 31.6. The Morgan fingerprint density at radius 2 is 1.61 bits per heavy atom. The van der Waals surface area contributed by atoms with E-state index in [0.29, 0.717) is 11.8 Å². The van der Waals surface area contributed by atoms with Crippen LogP contribution in [0.25, 0.3) is 10.9 Å². The molecule has 2 saturated carbocycles. The van der Waals surface area contributed by atoms with E-state index in [0.717, 1.165) is 23.0 Å². The minimum atomic E-state index is -0.212. The van der Waals surface area contributed by atoms with Crippen molar-refractivity contribution < 1.29 is 9.59 Å². The first-order valence-corrected chi connectivity index (χ1v) is 11.8. The van der Waals surface area contributed by atoms with Crippen LogP contribution in [-0.4, -0.2) is 27.6 Å². The maximum atomic E-state index is 13.2. The molecule has 5 aliphatic rings. The molecule has 1 saturated heterocycles. The summed E-state index contributed by atoms with van der Waals surface area (Å²) in [5.41, 5.74) is 4.54. The first-order chi connectivity index (χ1) is 16.1. The van der Waals surface area contributed by atoms with Crippen molar-refractivity contribution in [3.63, 3.8) is 0 Å². The van der Waals surface area contributed by atoms with Crippen LogP contribution in [0.3, 0.4) is 0 Å². The molecule has 1 aromatic heterocycles. The van der Waals surface area contributed by atoms with Crippen LogP contribution in [0.2, 0.25) is 0 Å². The SMILES string of the molecule is Cc1ccccc1Cn1cc(/C=N\N2C(=O)[C@@H]3[C@H]4C=C[C@@H]([C@@H]5C[C@H]45)[C@H]3C2=O)c2ccccc21. The fourth-order valence-corrected chi connectivity index (χ4v) is 6.65. The highest BCUT2D eigenvalue weighted by Gasteiger charge is 2.67. The van der Waals surface area contributed by atoms with E-state index in [1.54, 1.807) is 6.21 Å². The Labute approximate surface area is 192 Å². The number of rotatable bonds is 4. The number of para-hydroxylation sites is 1. The highest BCUT2D eigenvalue weighted by atomic mass is 16.2. The van der Waals surface area contributed by atoms with Gasteiger partial charge in [-0.1, -0.05) is 54.6 Å². The minimum Gasteiger partial charge on any atom is -0.342 e. The molecule has 8 rings (SSSR count). The summed E-state index contributed by atoms with van der Waals surface area (Å²) in [6, 6.07) is 16.6. The van der Waals surface area contributed by atoms with E-state index in [9.17, 15) is 9.59 Å². The lowest BCUT2D eigenvalue weighted by Crippen LogP contribution is -2.40. The van der Waals surface area contributed by atoms with Gasteiger partial charge in [0.1, 0.15) is 0 Å². The zero-order valence-corrected chi connectivity index (χ0v) is 18.5. The molecule has 0 spiro atoms. The summed E-state index contributed by atoms with van der Waals surface area (Å²) in [7, 11) is 0. The van der Waals surface area contributed by atoms with Gasteiger partial charge in [-0.3, -0.25) is 9.59 Å². The van der Waals surface area contributed by atoms with Crippen molar-refractivity contribution in [1.29, 1.82) is 0 Å². The largest absolute Gasteiger partial charge is 0.342 e. The number of hydrogen-bond donors (Lipinski definition) is 0. The number of fused-ring (bicyclic) bond motifs is 1. The number of nitrogens with zero attached hydrogens (tertiary/aromatic N) is 3. The molecule has 0 radical (unpaired) electrons. The van der Waals surface area contributed by atoms with Gasteiger partial charge in [-0.15, -0.1) is 0 Å². The van der Waals surface area contributed by atoms with Crippen LogP contribution in [0.4, 0.5) is 0 Å². The number of imide groups is 1. The highest BCUT2D eigenvalue weighted by molar-refractivity contribution is 6.07. The van der Waals surface area contributed by atoms with Crippen LogP contribution in [0.1, 0.15) is 23.1 Å². The van der Waals surface area contributed by atoms with Gasteiger partial charge in [0.05, 0.1) is 18.1 Å². The third kappa shape index (κ3) is 2.68. The Morgan fingerprint density at radius 1 is 0.939 bits per heavy atom. The average Bonchev–Trinajstić information content (AvgIpc) is 3.54. The lowest BCUT2D eigenvalue weighted by Gasteiger charge is -2.37. The van der Waals surface area contributed by atoms with Crippen LogP contribution in [-0.2, 0) is 16.1 Å². The van der Waals surface area contributed by atoms with Gasteiger partial charge in [0, 0.05) is 29.2 Å². The second-order valence-electron chi connectivity index (χ2n) is 10.0. The molecule has 33 heavy (non-hydrogen) atoms. The fourth-order valence-electron chi connectivity index (χ4n) is 6.65. The molecule has 3 fully saturated rings. The maximum absolute atomic E-state index is 13.2. The van der Waals surface area contributed by atoms with Crippen LogP contribution in [0.5, 0.6) is 0 Å². The number of benzene rings is 2. The number of carbonyl (C=O) groups is 2. The number of carbonyl (C=O) groups excluding carboxylic acids is 2. The van der Waals surface area contributed by atoms with Crippen molar-refractivity contribution in [2.45, 2.75) is 19.9 Å². The summed E-state index contributed by atoms with van der Waals surface area (Å²) < 4.78 is 2.21. The van der Waals surface area contributed by atoms with Crippen molar-refractivity contribution in [3.8, 4) is 0 Å². The molecule has 0 unspecified atom stereocenters. The molecule has 5 heteroatoms. The van der Waals surface area contributed by atoms with Gasteiger partial charge in [-0.2, -0.15) is 10.1 Å². The molecule has 6 atom stereocenters. The topological polar surface area (TPSA) is 54.7 Å². The van der Waals surface area contributed by atoms with Crippen molar-refractivity contribution in [2.24, 2.45) is 40.6 Å². The van der Waals surface area contributed by atoms with E-state index in [-0.39, 0.29) is 35.5 Å². The first kappa shape index (κ1) is 19.0. The first-order valence-electron chi connectivity index (χ1n) is 11.8. The van der Waals surface area contributed by atoms with Crippen molar-refractivity contribution in [2.75, 3.05) is 0 Å². The molecular formula is C28H25N3O2. The summed E-state index contributed by atoms with van der Waals surface area (Å²) in [6.07, 6.45) is 9.31. The van der Waals surface area contributed by atoms with E-state index in [4.69, 9.17) is 0 Å². The Hall–Kier alpha value is -3.47. The number of hydrazone groups is 1. The van der Waals surface area contributed by atoms with Gasteiger partial charge < -0.3 is 4.57 Å². The zero-order valence-electron chi connectivity index (χ0n) is 18.5. The van der Waals surface area contributed by atoms with Crippen molar-refractivity contribution in [1.82, 2.24) is 9.58 Å². The van der Waals surface area contributed by atoms with E-state index < -0.39 is 0 Å². The summed E-state index contributed by atoms with van der Waals surface area (Å²) in [4.78, 5) is 26.5. The Morgan fingerprint density at radius 3 is 2.33 bits per heavy atom. The van der Waals surface area contributed by atoms with Crippen molar-refractivity contribution >= 4 is 28.9 Å². The highest BCUT2D eigenvalue weighted by Crippen LogP contribution is 2.65. The van der Waals surface area contributed by atoms with Crippen LogP contribution < -0.4 is 0 Å². The molecule has 4 aliphatic carbocycles. The lowest BCUT2D eigenvalue weighted by molar-refractivity contribution is -0.140. The third-order valence-electron chi connectivity index (χ3n) is 8.37. The van der Waals surface area contributed by atoms with E-state index in [2.05, 4.69) is 71.3 Å². The molecule has 2 aromatic carbocycles. The van der Waals surface area contributed by atoms with Gasteiger partial charge in [-0.25, -0.2) is 0 Å². The van der Waals surface area contributed by atoms with Crippen LogP contribution in [0.15, 0.2) is 72.0 Å². The van der Waals surface area contributed by atoms with Gasteiger partial charge in [0.15, 0.2) is 0 Å². The quantitative estimate of drug-likeness (QED) is 0.347. The predicted molar refractivity (Wildman–Crippen MR) is 126 cm³/mol. The van der Waals surface area contributed by atoms with Gasteiger partial charge in [-0.05, 0) is 54.2 Å². The third-order valence-corrected chi connectivity index (χ3v) is 8.37. The van der Waals surface area contributed by atoms with E-state index in [1.165, 1.54) is 22.6 Å². The predicted octanol–water partition coefficient (Wildman–Crippen LogP) is 4.39. The summed E-state index contributed by atoms with van der Waals surface area (Å²) >= 11 is 0. The monoisotopic (exact) mass is 435 g/mol. The van der Waals surface area contributed by atoms with Crippen LogP contribution in [0, 0.1) is 42.4 Å². The number of allylic oxidation sites excluding steroid dienone is 2. The number of aryl methyl sites for hydroxylation is 1. The smallest absolute Gasteiger partial charge is 0.254 e. The number of amides is 2. The molecule has 2 bridgehead atoms. The number of aromatic nitrogens is 1. The minimum absolute atomic E-state index is 0.116. The molecule has 3 aromatic rings. The maximum Gasteiger partial charge on any atom is 0.254 e. The average molecular weight is 436 g/mol. The molecule has 2 amide bonds. The molecule has 5 nitrogen and oxygen atoms in total. The fraction of sp³-hybridized carbons (Fsp3) is 0.321. The van der Waals surface area contributed by atoms with Crippen molar-refractivity contribution in [3.05, 3.63) is 83.6 Å². The van der Waals surface area contributed by atoms with E-state index in [1.807, 2.05) is 12.1 Å². The Kier molecular flexibility index (Phi) is 3.90. The second-order valence-corrected chi connectivity index (χ2v) is 10.0. The molecule has 164 valence electrons. The zero-order chi connectivity index (χ0) is 22.3. The molecule has 2 heterocycles. The van der Waals surface area contributed by atoms with Gasteiger partial charge >= 0.3 is 0 Å². The summed E-state index contributed by atoms with van der Waals surface area (Å²) in [6.45, 7) is 2.88. The van der Waals surface area contributed by atoms with Crippen LogP contribution >= 0.6 is 0 Å². The molecule has 1 aliphatic heterocycles. The Bertz CT molecular complexity index is 1350. The summed E-state index contributed by atoms with van der Waals surface area (Å²) in [5, 5.41) is 6.70.